The standard InChI is InChI=1S/C18H16BrFN2O2S/c1-22(11-12-6-7-16(19)25-12)18(23)9-8-17-21-10-15(24-17)13-4-2-3-5-14(13)20/h2-7,10H,8-9,11H2,1H3. The van der Waals surface area contributed by atoms with Crippen LogP contribution in [0.3, 0.4) is 0 Å². The fraction of sp³-hybridized carbons (Fsp3) is 0.222. The average molecular weight is 423 g/mol. The number of aromatic nitrogens is 1. The molecule has 0 unspecified atom stereocenters. The first kappa shape index (κ1) is 17.8. The van der Waals surface area contributed by atoms with Crippen molar-refractivity contribution >= 4 is 33.2 Å². The van der Waals surface area contributed by atoms with Crippen LogP contribution in [-0.4, -0.2) is 22.8 Å². The lowest BCUT2D eigenvalue weighted by Gasteiger charge is -2.15. The molecule has 3 aromatic rings. The molecule has 1 aromatic carbocycles. The second-order valence-corrected chi connectivity index (χ2v) is 8.10. The molecule has 130 valence electrons. The zero-order chi connectivity index (χ0) is 17.8. The van der Waals surface area contributed by atoms with Gasteiger partial charge in [0.2, 0.25) is 5.91 Å². The molecule has 0 atom stereocenters. The largest absolute Gasteiger partial charge is 0.441 e. The molecule has 0 N–H and O–H groups in total. The summed E-state index contributed by atoms with van der Waals surface area (Å²) in [6, 6.07) is 10.3. The predicted molar refractivity (Wildman–Crippen MR) is 98.7 cm³/mol. The van der Waals surface area contributed by atoms with Gasteiger partial charge in [0.25, 0.3) is 0 Å². The molecule has 0 aliphatic carbocycles. The highest BCUT2D eigenvalue weighted by Crippen LogP contribution is 2.24. The second kappa shape index (κ2) is 7.93. The molecule has 0 aliphatic heterocycles. The topological polar surface area (TPSA) is 46.3 Å². The molecule has 25 heavy (non-hydrogen) atoms. The lowest BCUT2D eigenvalue weighted by atomic mass is 10.2. The van der Waals surface area contributed by atoms with Crippen molar-refractivity contribution in [2.45, 2.75) is 19.4 Å². The number of rotatable bonds is 6. The third kappa shape index (κ3) is 4.55. The van der Waals surface area contributed by atoms with Crippen LogP contribution < -0.4 is 0 Å². The number of aryl methyl sites for hydroxylation is 1. The highest BCUT2D eigenvalue weighted by Gasteiger charge is 2.14. The molecule has 0 saturated carbocycles. The number of nitrogens with zero attached hydrogens (tertiary/aromatic N) is 2. The van der Waals surface area contributed by atoms with Gasteiger partial charge in [0.15, 0.2) is 11.7 Å². The van der Waals surface area contributed by atoms with E-state index in [1.807, 2.05) is 12.1 Å². The predicted octanol–water partition coefficient (Wildman–Crippen LogP) is 4.90. The van der Waals surface area contributed by atoms with Gasteiger partial charge < -0.3 is 9.32 Å². The van der Waals surface area contributed by atoms with Crippen molar-refractivity contribution in [3.8, 4) is 11.3 Å². The minimum absolute atomic E-state index is 0.00941. The highest BCUT2D eigenvalue weighted by molar-refractivity contribution is 9.11. The van der Waals surface area contributed by atoms with E-state index in [4.69, 9.17) is 4.42 Å². The Hall–Kier alpha value is -1.99. The van der Waals surface area contributed by atoms with E-state index in [-0.39, 0.29) is 11.7 Å². The van der Waals surface area contributed by atoms with E-state index in [0.29, 0.717) is 36.6 Å². The molecule has 2 heterocycles. The van der Waals surface area contributed by atoms with E-state index in [0.717, 1.165) is 8.66 Å². The molecule has 2 aromatic heterocycles. The Labute approximate surface area is 157 Å². The van der Waals surface area contributed by atoms with Crippen LogP contribution in [0.4, 0.5) is 4.39 Å². The van der Waals surface area contributed by atoms with Gasteiger partial charge >= 0.3 is 0 Å². The molecular formula is C18H16BrFN2O2S. The Morgan fingerprint density at radius 2 is 2.12 bits per heavy atom. The minimum Gasteiger partial charge on any atom is -0.441 e. The van der Waals surface area contributed by atoms with Crippen molar-refractivity contribution in [3.63, 3.8) is 0 Å². The first-order chi connectivity index (χ1) is 12.0. The number of hydrogen-bond donors (Lipinski definition) is 0. The van der Waals surface area contributed by atoms with E-state index in [1.165, 1.54) is 12.3 Å². The lowest BCUT2D eigenvalue weighted by Crippen LogP contribution is -2.26. The lowest BCUT2D eigenvalue weighted by molar-refractivity contribution is -0.130. The molecule has 4 nitrogen and oxygen atoms in total. The van der Waals surface area contributed by atoms with Crippen LogP contribution in [0.5, 0.6) is 0 Å². The van der Waals surface area contributed by atoms with Gasteiger partial charge in [0.05, 0.1) is 22.1 Å². The summed E-state index contributed by atoms with van der Waals surface area (Å²) in [4.78, 5) is 19.2. The first-order valence-corrected chi connectivity index (χ1v) is 9.31. The van der Waals surface area contributed by atoms with Crippen LogP contribution in [0.25, 0.3) is 11.3 Å². The second-order valence-electron chi connectivity index (χ2n) is 5.55. The number of benzene rings is 1. The number of hydrogen-bond acceptors (Lipinski definition) is 4. The number of carbonyl (C=O) groups is 1. The summed E-state index contributed by atoms with van der Waals surface area (Å²) < 4.78 is 20.4. The van der Waals surface area contributed by atoms with E-state index in [9.17, 15) is 9.18 Å². The molecular weight excluding hydrogens is 407 g/mol. The molecule has 1 amide bonds. The van der Waals surface area contributed by atoms with Gasteiger partial charge in [-0.15, -0.1) is 11.3 Å². The van der Waals surface area contributed by atoms with Gasteiger partial charge in [-0.2, -0.15) is 0 Å². The van der Waals surface area contributed by atoms with Crippen LogP contribution in [-0.2, 0) is 17.8 Å². The number of amides is 1. The summed E-state index contributed by atoms with van der Waals surface area (Å²) in [5, 5.41) is 0. The molecule has 0 radical (unpaired) electrons. The van der Waals surface area contributed by atoms with Gasteiger partial charge in [0, 0.05) is 24.8 Å². The van der Waals surface area contributed by atoms with Crippen molar-refractivity contribution in [1.82, 2.24) is 9.88 Å². The molecule has 0 bridgehead atoms. The first-order valence-electron chi connectivity index (χ1n) is 7.70. The fourth-order valence-corrected chi connectivity index (χ4v) is 3.91. The Balaban J connectivity index is 1.56. The SMILES string of the molecule is CN(Cc1ccc(Br)s1)C(=O)CCc1ncc(-c2ccccc2F)o1. The van der Waals surface area contributed by atoms with Crippen LogP contribution in [0.2, 0.25) is 0 Å². The molecule has 3 rings (SSSR count). The quantitative estimate of drug-likeness (QED) is 0.567. The number of oxazole rings is 1. The Morgan fingerprint density at radius 1 is 1.32 bits per heavy atom. The number of carbonyl (C=O) groups excluding carboxylic acids is 1. The average Bonchev–Trinajstić information content (AvgIpc) is 3.22. The van der Waals surface area contributed by atoms with Crippen molar-refractivity contribution in [1.29, 1.82) is 0 Å². The van der Waals surface area contributed by atoms with Crippen molar-refractivity contribution in [2.24, 2.45) is 0 Å². The maximum Gasteiger partial charge on any atom is 0.223 e. The van der Waals surface area contributed by atoms with Crippen molar-refractivity contribution in [2.75, 3.05) is 7.05 Å². The third-order valence-electron chi connectivity index (χ3n) is 3.69. The Bertz CT molecular complexity index is 877. The van der Waals surface area contributed by atoms with Gasteiger partial charge in [-0.1, -0.05) is 12.1 Å². The Morgan fingerprint density at radius 3 is 2.84 bits per heavy atom. The maximum atomic E-state index is 13.8. The zero-order valence-electron chi connectivity index (χ0n) is 13.5. The van der Waals surface area contributed by atoms with Crippen LogP contribution in [0.15, 0.2) is 50.8 Å². The van der Waals surface area contributed by atoms with Gasteiger partial charge in [-0.05, 0) is 40.2 Å². The van der Waals surface area contributed by atoms with Crippen LogP contribution in [0.1, 0.15) is 17.2 Å². The van der Waals surface area contributed by atoms with E-state index >= 15 is 0 Å². The summed E-state index contributed by atoms with van der Waals surface area (Å²) in [6.45, 7) is 0.571. The van der Waals surface area contributed by atoms with Gasteiger partial charge in [0.1, 0.15) is 5.82 Å². The molecule has 0 aliphatic rings. The maximum absolute atomic E-state index is 13.8. The smallest absolute Gasteiger partial charge is 0.223 e. The van der Waals surface area contributed by atoms with E-state index in [1.54, 1.807) is 41.5 Å². The number of halogens is 2. The van der Waals surface area contributed by atoms with E-state index in [2.05, 4.69) is 20.9 Å². The fourth-order valence-electron chi connectivity index (χ4n) is 2.37. The summed E-state index contributed by atoms with van der Waals surface area (Å²) in [6.07, 6.45) is 2.16. The molecule has 0 spiro atoms. The summed E-state index contributed by atoms with van der Waals surface area (Å²) in [5.41, 5.74) is 0.368. The number of thiophene rings is 1. The van der Waals surface area contributed by atoms with Gasteiger partial charge in [-0.25, -0.2) is 9.37 Å². The normalized spacial score (nSPS) is 10.8. The van der Waals surface area contributed by atoms with Crippen LogP contribution in [0, 0.1) is 5.82 Å². The van der Waals surface area contributed by atoms with Crippen molar-refractivity contribution < 1.29 is 13.6 Å². The van der Waals surface area contributed by atoms with Crippen molar-refractivity contribution in [3.05, 3.63) is 63.0 Å². The summed E-state index contributed by atoms with van der Waals surface area (Å²) in [7, 11) is 1.77. The Kier molecular flexibility index (Phi) is 5.65. The van der Waals surface area contributed by atoms with E-state index < -0.39 is 0 Å². The highest BCUT2D eigenvalue weighted by atomic mass is 79.9. The third-order valence-corrected chi connectivity index (χ3v) is 5.30. The monoisotopic (exact) mass is 422 g/mol. The van der Waals surface area contributed by atoms with Crippen LogP contribution >= 0.6 is 27.3 Å². The summed E-state index contributed by atoms with van der Waals surface area (Å²) >= 11 is 5.02. The molecule has 0 fully saturated rings. The molecule has 7 heteroatoms. The van der Waals surface area contributed by atoms with Gasteiger partial charge in [-0.3, -0.25) is 4.79 Å². The zero-order valence-corrected chi connectivity index (χ0v) is 15.9. The minimum atomic E-state index is -0.358. The summed E-state index contributed by atoms with van der Waals surface area (Å²) in [5.74, 6) is 0.453. The molecule has 0 saturated heterocycles.